The van der Waals surface area contributed by atoms with Crippen LogP contribution in [0, 0.1) is 0 Å². The van der Waals surface area contributed by atoms with Crippen molar-refractivity contribution in [3.05, 3.63) is 59.4 Å². The van der Waals surface area contributed by atoms with E-state index in [2.05, 4.69) is 9.97 Å². The van der Waals surface area contributed by atoms with Crippen LogP contribution in [0.4, 0.5) is 13.2 Å². The molecule has 8 heteroatoms. The molecule has 3 rings (SSSR count). The maximum Gasteiger partial charge on any atom is 0.416 e. The molecule has 3 aromatic rings. The highest BCUT2D eigenvalue weighted by atomic mass is 19.4. The molecular weight excluding hydrogens is 359 g/mol. The zero-order valence-electron chi connectivity index (χ0n) is 14.2. The fourth-order valence-corrected chi connectivity index (χ4v) is 2.84. The Bertz CT molecular complexity index is 1040. The molecule has 0 spiro atoms. The third-order valence-corrected chi connectivity index (χ3v) is 4.13. The molecule has 2 aromatic heterocycles. The van der Waals surface area contributed by atoms with Gasteiger partial charge >= 0.3 is 6.18 Å². The minimum absolute atomic E-state index is 0.188. The Labute approximate surface area is 152 Å². The largest absolute Gasteiger partial charge is 0.416 e. The summed E-state index contributed by atoms with van der Waals surface area (Å²) >= 11 is 0. The highest BCUT2D eigenvalue weighted by Crippen LogP contribution is 2.37. The van der Waals surface area contributed by atoms with Crippen LogP contribution in [0.5, 0.6) is 0 Å². The SMILES string of the molecule is C[C@H](O)c1ccc(-c2cnc3[nH]cc(/C=C/C(N)=O)c3c2)cc1C(F)(F)F. The maximum absolute atomic E-state index is 13.4. The molecule has 0 fully saturated rings. The second-order valence-corrected chi connectivity index (χ2v) is 6.08. The summed E-state index contributed by atoms with van der Waals surface area (Å²) in [7, 11) is 0. The standard InChI is InChI=1S/C19H16F3N3O2/c1-10(26)14-4-2-11(7-16(14)19(20,21)22)13-6-15-12(3-5-17(23)27)8-24-18(15)25-9-13/h2-10,26H,1H3,(H2,23,27)(H,24,25)/b5-3+/t10-/m0/s1. The van der Waals surface area contributed by atoms with Gasteiger partial charge in [0.2, 0.25) is 5.91 Å². The predicted octanol–water partition coefficient (Wildman–Crippen LogP) is 3.80. The predicted molar refractivity (Wildman–Crippen MR) is 95.4 cm³/mol. The van der Waals surface area contributed by atoms with Crippen LogP contribution in [-0.4, -0.2) is 21.0 Å². The highest BCUT2D eigenvalue weighted by Gasteiger charge is 2.34. The molecule has 0 saturated heterocycles. The number of rotatable bonds is 4. The van der Waals surface area contributed by atoms with Crippen molar-refractivity contribution in [2.24, 2.45) is 5.73 Å². The van der Waals surface area contributed by atoms with Crippen LogP contribution in [-0.2, 0) is 11.0 Å². The van der Waals surface area contributed by atoms with Gasteiger partial charge in [0.05, 0.1) is 11.7 Å². The summed E-state index contributed by atoms with van der Waals surface area (Å²) in [4.78, 5) is 18.1. The molecule has 0 aliphatic carbocycles. The third-order valence-electron chi connectivity index (χ3n) is 4.13. The Hall–Kier alpha value is -3.13. The number of fused-ring (bicyclic) bond motifs is 1. The number of aliphatic hydroxyl groups is 1. The van der Waals surface area contributed by atoms with Gasteiger partial charge in [-0.1, -0.05) is 12.1 Å². The number of nitrogens with one attached hydrogen (secondary N) is 1. The second-order valence-electron chi connectivity index (χ2n) is 6.08. The number of aromatic amines is 1. The van der Waals surface area contributed by atoms with Crippen molar-refractivity contribution in [2.45, 2.75) is 19.2 Å². The number of aliphatic hydroxyl groups excluding tert-OH is 1. The summed E-state index contributed by atoms with van der Waals surface area (Å²) in [5.41, 5.74) is 5.96. The first kappa shape index (κ1) is 18.7. The zero-order valence-corrected chi connectivity index (χ0v) is 14.2. The van der Waals surface area contributed by atoms with Gasteiger partial charge in [0.15, 0.2) is 0 Å². The van der Waals surface area contributed by atoms with Gasteiger partial charge in [0, 0.05) is 35.0 Å². The molecule has 0 saturated carbocycles. The number of aromatic nitrogens is 2. The lowest BCUT2D eigenvalue weighted by Crippen LogP contribution is -2.11. The number of nitrogens with zero attached hydrogens (tertiary/aromatic N) is 1. The van der Waals surface area contributed by atoms with Crippen molar-refractivity contribution in [2.75, 3.05) is 0 Å². The average Bonchev–Trinajstić information content (AvgIpc) is 3.00. The van der Waals surface area contributed by atoms with E-state index < -0.39 is 23.8 Å². The summed E-state index contributed by atoms with van der Waals surface area (Å²) in [6.45, 7) is 1.29. The molecule has 0 aliphatic rings. The maximum atomic E-state index is 13.4. The van der Waals surface area contributed by atoms with Gasteiger partial charge < -0.3 is 15.8 Å². The van der Waals surface area contributed by atoms with Gasteiger partial charge in [0.1, 0.15) is 5.65 Å². The van der Waals surface area contributed by atoms with Crippen LogP contribution in [0.2, 0.25) is 0 Å². The number of carbonyl (C=O) groups excluding carboxylic acids is 1. The number of carbonyl (C=O) groups is 1. The van der Waals surface area contributed by atoms with E-state index in [9.17, 15) is 23.1 Å². The fourth-order valence-electron chi connectivity index (χ4n) is 2.84. The molecule has 0 bridgehead atoms. The van der Waals surface area contributed by atoms with E-state index in [-0.39, 0.29) is 5.56 Å². The normalized spacial score (nSPS) is 13.4. The minimum atomic E-state index is -4.59. The van der Waals surface area contributed by atoms with E-state index in [1.807, 2.05) is 0 Å². The third kappa shape index (κ3) is 3.85. The van der Waals surface area contributed by atoms with Crippen molar-refractivity contribution < 1.29 is 23.1 Å². The Morgan fingerprint density at radius 1 is 1.30 bits per heavy atom. The topological polar surface area (TPSA) is 92.0 Å². The number of amides is 1. The van der Waals surface area contributed by atoms with Gasteiger partial charge in [-0.05, 0) is 36.3 Å². The monoisotopic (exact) mass is 375 g/mol. The van der Waals surface area contributed by atoms with Crippen LogP contribution in [0.3, 0.4) is 0 Å². The number of H-pyrrole nitrogens is 1. The van der Waals surface area contributed by atoms with E-state index in [1.165, 1.54) is 37.4 Å². The Morgan fingerprint density at radius 3 is 2.67 bits per heavy atom. The molecule has 5 nitrogen and oxygen atoms in total. The zero-order chi connectivity index (χ0) is 19.8. The molecule has 0 aliphatic heterocycles. The summed E-state index contributed by atoms with van der Waals surface area (Å²) in [5, 5.41) is 10.3. The molecule has 140 valence electrons. The lowest BCUT2D eigenvalue weighted by molar-refractivity contribution is -0.139. The van der Waals surface area contributed by atoms with E-state index in [4.69, 9.17) is 5.73 Å². The molecule has 1 aromatic carbocycles. The summed E-state index contributed by atoms with van der Waals surface area (Å²) < 4.78 is 40.1. The number of alkyl halides is 3. The molecule has 27 heavy (non-hydrogen) atoms. The Kier molecular flexibility index (Phi) is 4.75. The van der Waals surface area contributed by atoms with Crippen LogP contribution >= 0.6 is 0 Å². The van der Waals surface area contributed by atoms with Gasteiger partial charge in [-0.3, -0.25) is 4.79 Å². The van der Waals surface area contributed by atoms with E-state index in [0.29, 0.717) is 27.7 Å². The van der Waals surface area contributed by atoms with Crippen molar-refractivity contribution in [1.29, 1.82) is 0 Å². The fraction of sp³-hybridized carbons (Fsp3) is 0.158. The highest BCUT2D eigenvalue weighted by molar-refractivity contribution is 5.95. The van der Waals surface area contributed by atoms with Gasteiger partial charge in [-0.25, -0.2) is 4.98 Å². The van der Waals surface area contributed by atoms with Crippen molar-refractivity contribution >= 4 is 23.0 Å². The molecule has 1 amide bonds. The first-order valence-corrected chi connectivity index (χ1v) is 8.01. The lowest BCUT2D eigenvalue weighted by Gasteiger charge is -2.16. The Balaban J connectivity index is 2.12. The first-order chi connectivity index (χ1) is 12.7. The number of primary amides is 1. The number of benzene rings is 1. The summed E-state index contributed by atoms with van der Waals surface area (Å²) in [5.74, 6) is -0.614. The molecule has 4 N–H and O–H groups in total. The second kappa shape index (κ2) is 6.88. The van der Waals surface area contributed by atoms with Crippen LogP contribution in [0.15, 0.2) is 42.7 Å². The molecule has 2 heterocycles. The molecule has 0 unspecified atom stereocenters. The van der Waals surface area contributed by atoms with Crippen molar-refractivity contribution in [1.82, 2.24) is 9.97 Å². The Morgan fingerprint density at radius 2 is 2.04 bits per heavy atom. The number of hydrogen-bond donors (Lipinski definition) is 3. The van der Waals surface area contributed by atoms with Crippen molar-refractivity contribution in [3.8, 4) is 11.1 Å². The van der Waals surface area contributed by atoms with Crippen LogP contribution in [0.1, 0.15) is 29.7 Å². The number of halogens is 3. The van der Waals surface area contributed by atoms with Crippen LogP contribution < -0.4 is 5.73 Å². The minimum Gasteiger partial charge on any atom is -0.389 e. The first-order valence-electron chi connectivity index (χ1n) is 8.01. The quantitative estimate of drug-likeness (QED) is 0.606. The van der Waals surface area contributed by atoms with E-state index in [1.54, 1.807) is 12.3 Å². The lowest BCUT2D eigenvalue weighted by atomic mass is 9.96. The molecule has 1 atom stereocenters. The van der Waals surface area contributed by atoms with Gasteiger partial charge in [-0.15, -0.1) is 0 Å². The average molecular weight is 375 g/mol. The number of nitrogens with two attached hydrogens (primary N) is 1. The van der Waals surface area contributed by atoms with Crippen LogP contribution in [0.25, 0.3) is 28.2 Å². The smallest absolute Gasteiger partial charge is 0.389 e. The molecule has 0 radical (unpaired) electrons. The summed E-state index contributed by atoms with van der Waals surface area (Å²) in [6, 6.07) is 5.44. The van der Waals surface area contributed by atoms with E-state index in [0.717, 1.165) is 6.07 Å². The number of pyridine rings is 1. The summed E-state index contributed by atoms with van der Waals surface area (Å²) in [6.07, 6.45) is -0.0648. The van der Waals surface area contributed by atoms with Crippen molar-refractivity contribution in [3.63, 3.8) is 0 Å². The molecular formula is C19H16F3N3O2. The van der Waals surface area contributed by atoms with E-state index >= 15 is 0 Å². The van der Waals surface area contributed by atoms with Gasteiger partial charge in [0.25, 0.3) is 0 Å². The van der Waals surface area contributed by atoms with Gasteiger partial charge in [-0.2, -0.15) is 13.2 Å². The number of hydrogen-bond acceptors (Lipinski definition) is 3.